The monoisotopic (exact) mass is 201 g/mol. The van der Waals surface area contributed by atoms with Gasteiger partial charge in [0.1, 0.15) is 6.17 Å². The Morgan fingerprint density at radius 1 is 1.07 bits per heavy atom. The number of hydrogen-bond acceptors (Lipinski definition) is 2. The van der Waals surface area contributed by atoms with Crippen LogP contribution in [0.3, 0.4) is 0 Å². The van der Waals surface area contributed by atoms with Crippen LogP contribution < -0.4 is 0 Å². The summed E-state index contributed by atoms with van der Waals surface area (Å²) in [6, 6.07) is 0.238. The maximum atomic E-state index is 13.2. The molecular formula is C11H20FNO. The minimum absolute atomic E-state index is 0.214. The fourth-order valence-electron chi connectivity index (χ4n) is 2.77. The minimum Gasteiger partial charge on any atom is -0.391 e. The fourth-order valence-corrected chi connectivity index (χ4v) is 2.77. The second kappa shape index (κ2) is 4.58. The molecule has 0 aromatic rings. The molecule has 0 aromatic carbocycles. The molecule has 0 amide bonds. The van der Waals surface area contributed by atoms with Crippen molar-refractivity contribution in [3.05, 3.63) is 0 Å². The standard InChI is InChI=1S/C11H20FNO/c12-9-4-3-7-13(8-9)10-5-1-2-6-11(10)14/h9-11,14H,1-8H2/t9?,10-,11-/m1/s1. The van der Waals surface area contributed by atoms with Crippen LogP contribution in [0.5, 0.6) is 0 Å². The summed E-state index contributed by atoms with van der Waals surface area (Å²) in [5.74, 6) is 0. The molecule has 14 heavy (non-hydrogen) atoms. The van der Waals surface area contributed by atoms with E-state index in [9.17, 15) is 9.50 Å². The van der Waals surface area contributed by atoms with Crippen LogP contribution in [0.1, 0.15) is 38.5 Å². The quantitative estimate of drug-likeness (QED) is 0.698. The van der Waals surface area contributed by atoms with Crippen LogP contribution in [0, 0.1) is 0 Å². The van der Waals surface area contributed by atoms with Gasteiger partial charge in [-0.2, -0.15) is 0 Å². The van der Waals surface area contributed by atoms with Crippen molar-refractivity contribution in [1.29, 1.82) is 0 Å². The van der Waals surface area contributed by atoms with Gasteiger partial charge in [-0.25, -0.2) is 4.39 Å². The number of hydrogen-bond donors (Lipinski definition) is 1. The third-order valence-corrected chi connectivity index (χ3v) is 3.56. The second-order valence-corrected chi connectivity index (χ2v) is 4.65. The van der Waals surface area contributed by atoms with Crippen molar-refractivity contribution in [2.75, 3.05) is 13.1 Å². The molecule has 82 valence electrons. The average molecular weight is 201 g/mol. The molecule has 2 fully saturated rings. The number of piperidine rings is 1. The lowest BCUT2D eigenvalue weighted by atomic mass is 9.90. The Morgan fingerprint density at radius 2 is 1.86 bits per heavy atom. The number of rotatable bonds is 1. The molecule has 3 heteroatoms. The van der Waals surface area contributed by atoms with Crippen molar-refractivity contribution in [2.45, 2.75) is 56.8 Å². The van der Waals surface area contributed by atoms with E-state index >= 15 is 0 Å². The van der Waals surface area contributed by atoms with Gasteiger partial charge in [0, 0.05) is 12.6 Å². The van der Waals surface area contributed by atoms with E-state index in [0.717, 1.165) is 32.2 Å². The van der Waals surface area contributed by atoms with Gasteiger partial charge >= 0.3 is 0 Å². The zero-order valence-electron chi connectivity index (χ0n) is 8.66. The first-order chi connectivity index (χ1) is 6.77. The third kappa shape index (κ3) is 2.26. The van der Waals surface area contributed by atoms with Gasteiger partial charge in [0.25, 0.3) is 0 Å². The molecule has 2 rings (SSSR count). The topological polar surface area (TPSA) is 23.5 Å². The van der Waals surface area contributed by atoms with E-state index in [1.54, 1.807) is 0 Å². The van der Waals surface area contributed by atoms with Crippen LogP contribution in [-0.2, 0) is 0 Å². The highest BCUT2D eigenvalue weighted by atomic mass is 19.1. The molecule has 0 spiro atoms. The predicted molar refractivity (Wildman–Crippen MR) is 54.0 cm³/mol. The van der Waals surface area contributed by atoms with Gasteiger partial charge in [0.2, 0.25) is 0 Å². The zero-order valence-corrected chi connectivity index (χ0v) is 8.66. The van der Waals surface area contributed by atoms with Crippen molar-refractivity contribution in [2.24, 2.45) is 0 Å². The van der Waals surface area contributed by atoms with Crippen LogP contribution in [0.2, 0.25) is 0 Å². The molecule has 1 N–H and O–H groups in total. The molecule has 2 aliphatic rings. The number of halogens is 1. The first-order valence-electron chi connectivity index (χ1n) is 5.83. The molecule has 1 heterocycles. The fraction of sp³-hybridized carbons (Fsp3) is 1.00. The van der Waals surface area contributed by atoms with Crippen molar-refractivity contribution >= 4 is 0 Å². The van der Waals surface area contributed by atoms with Crippen molar-refractivity contribution in [3.8, 4) is 0 Å². The summed E-state index contributed by atoms with van der Waals surface area (Å²) in [5, 5.41) is 9.84. The maximum Gasteiger partial charge on any atom is 0.113 e. The summed E-state index contributed by atoms with van der Waals surface area (Å²) < 4.78 is 13.2. The van der Waals surface area contributed by atoms with E-state index in [-0.39, 0.29) is 12.1 Å². The summed E-state index contributed by atoms with van der Waals surface area (Å²) >= 11 is 0. The Bertz CT molecular complexity index is 188. The van der Waals surface area contributed by atoms with Crippen LogP contribution in [-0.4, -0.2) is 41.4 Å². The molecule has 1 saturated carbocycles. The van der Waals surface area contributed by atoms with Crippen LogP contribution in [0.4, 0.5) is 4.39 Å². The molecule has 1 saturated heterocycles. The molecule has 0 aromatic heterocycles. The summed E-state index contributed by atoms with van der Waals surface area (Å²) in [5.41, 5.74) is 0. The Balaban J connectivity index is 1.91. The Morgan fingerprint density at radius 3 is 2.57 bits per heavy atom. The molecule has 3 atom stereocenters. The maximum absolute atomic E-state index is 13.2. The minimum atomic E-state index is -0.669. The Kier molecular flexibility index (Phi) is 3.39. The Labute approximate surface area is 85.1 Å². The number of nitrogens with zero attached hydrogens (tertiary/aromatic N) is 1. The summed E-state index contributed by atoms with van der Waals surface area (Å²) in [6.45, 7) is 1.52. The van der Waals surface area contributed by atoms with Gasteiger partial charge in [0.15, 0.2) is 0 Å². The van der Waals surface area contributed by atoms with Crippen molar-refractivity contribution in [1.82, 2.24) is 4.90 Å². The highest BCUT2D eigenvalue weighted by molar-refractivity contribution is 4.86. The normalized spacial score (nSPS) is 41.1. The largest absolute Gasteiger partial charge is 0.391 e. The molecule has 0 bridgehead atoms. The van der Waals surface area contributed by atoms with Gasteiger partial charge in [-0.05, 0) is 32.2 Å². The first kappa shape index (κ1) is 10.4. The van der Waals surface area contributed by atoms with Crippen molar-refractivity contribution in [3.63, 3.8) is 0 Å². The van der Waals surface area contributed by atoms with E-state index < -0.39 is 6.17 Å². The third-order valence-electron chi connectivity index (χ3n) is 3.56. The predicted octanol–water partition coefficient (Wildman–Crippen LogP) is 1.72. The van der Waals surface area contributed by atoms with Gasteiger partial charge < -0.3 is 5.11 Å². The van der Waals surface area contributed by atoms with Crippen molar-refractivity contribution < 1.29 is 9.50 Å². The van der Waals surface area contributed by atoms with Crippen LogP contribution in [0.15, 0.2) is 0 Å². The number of aliphatic hydroxyl groups is 1. The lowest BCUT2D eigenvalue weighted by Gasteiger charge is -2.40. The van der Waals surface area contributed by atoms with Gasteiger partial charge in [0.05, 0.1) is 6.10 Å². The van der Waals surface area contributed by atoms with E-state index in [1.165, 1.54) is 6.42 Å². The van der Waals surface area contributed by atoms with Crippen LogP contribution >= 0.6 is 0 Å². The Hall–Kier alpha value is -0.150. The summed E-state index contributed by atoms with van der Waals surface area (Å²) in [6.07, 6.45) is 5.04. The lowest BCUT2D eigenvalue weighted by Crippen LogP contribution is -2.50. The molecule has 0 radical (unpaired) electrons. The highest BCUT2D eigenvalue weighted by Crippen LogP contribution is 2.26. The van der Waals surface area contributed by atoms with E-state index in [1.807, 2.05) is 0 Å². The molecule has 1 aliphatic heterocycles. The summed E-state index contributed by atoms with van der Waals surface area (Å²) in [7, 11) is 0. The number of alkyl halides is 1. The molecule has 1 aliphatic carbocycles. The smallest absolute Gasteiger partial charge is 0.113 e. The van der Waals surface area contributed by atoms with Gasteiger partial charge in [-0.15, -0.1) is 0 Å². The number of likely N-dealkylation sites (tertiary alicyclic amines) is 1. The SMILES string of the molecule is O[C@@H]1CCCC[C@H]1N1CCCC(F)C1. The first-order valence-corrected chi connectivity index (χ1v) is 5.83. The van der Waals surface area contributed by atoms with E-state index in [0.29, 0.717) is 13.0 Å². The lowest BCUT2D eigenvalue weighted by molar-refractivity contribution is -0.00457. The average Bonchev–Trinajstić information content (AvgIpc) is 2.18. The molecule has 2 nitrogen and oxygen atoms in total. The van der Waals surface area contributed by atoms with Gasteiger partial charge in [-0.1, -0.05) is 12.8 Å². The second-order valence-electron chi connectivity index (χ2n) is 4.65. The molecule has 1 unspecified atom stereocenters. The summed E-state index contributed by atoms with van der Waals surface area (Å²) in [4.78, 5) is 2.16. The van der Waals surface area contributed by atoms with Crippen LogP contribution in [0.25, 0.3) is 0 Å². The zero-order chi connectivity index (χ0) is 9.97. The van der Waals surface area contributed by atoms with Gasteiger partial charge in [-0.3, -0.25) is 4.90 Å². The van der Waals surface area contributed by atoms with E-state index in [4.69, 9.17) is 0 Å². The van der Waals surface area contributed by atoms with E-state index in [2.05, 4.69) is 4.90 Å². The molecular weight excluding hydrogens is 181 g/mol. The highest BCUT2D eigenvalue weighted by Gasteiger charge is 2.31. The number of aliphatic hydroxyl groups excluding tert-OH is 1.